The Morgan fingerprint density at radius 2 is 1.94 bits per heavy atom. The summed E-state index contributed by atoms with van der Waals surface area (Å²) >= 11 is 0. The smallest absolute Gasteiger partial charge is 0.208 e. The maximum absolute atomic E-state index is 13.0. The summed E-state index contributed by atoms with van der Waals surface area (Å²) in [5.74, 6) is 0.558. The number of benzene rings is 3. The summed E-state index contributed by atoms with van der Waals surface area (Å²) in [5.41, 5.74) is 3.85. The van der Waals surface area contributed by atoms with Crippen molar-refractivity contribution in [1.29, 1.82) is 5.26 Å². The highest BCUT2D eigenvalue weighted by Crippen LogP contribution is 2.30. The Bertz CT molecular complexity index is 1480. The molecule has 4 aromatic rings. The first kappa shape index (κ1) is 21.6. The number of para-hydroxylation sites is 1. The average molecular weight is 453 g/mol. The minimum Gasteiger partial charge on any atom is -0.487 e. The van der Waals surface area contributed by atoms with Crippen molar-refractivity contribution in [3.63, 3.8) is 0 Å². The first-order valence-corrected chi connectivity index (χ1v) is 10.9. The first-order valence-electron chi connectivity index (χ1n) is 10.9. The van der Waals surface area contributed by atoms with Gasteiger partial charge in [-0.15, -0.1) is 0 Å². The maximum Gasteiger partial charge on any atom is 0.208 e. The molecule has 1 aliphatic rings. The number of hydrogen-bond acceptors (Lipinski definition) is 5. The molecule has 3 aromatic carbocycles. The van der Waals surface area contributed by atoms with Crippen LogP contribution in [-0.4, -0.2) is 12.7 Å². The molecule has 5 nitrogen and oxygen atoms in total. The van der Waals surface area contributed by atoms with E-state index in [9.17, 15) is 9.18 Å². The molecule has 0 fully saturated rings. The van der Waals surface area contributed by atoms with Crippen LogP contribution in [0.3, 0.4) is 0 Å². The summed E-state index contributed by atoms with van der Waals surface area (Å²) in [6.07, 6.45) is 4.46. The molecule has 0 amide bonds. The van der Waals surface area contributed by atoms with E-state index >= 15 is 0 Å². The molecule has 1 atom stereocenters. The zero-order chi connectivity index (χ0) is 23.5. The highest BCUT2D eigenvalue weighted by molar-refractivity contribution is 5.88. The predicted molar refractivity (Wildman–Crippen MR) is 127 cm³/mol. The molecule has 0 saturated heterocycles. The van der Waals surface area contributed by atoms with Crippen LogP contribution < -0.4 is 10.2 Å². The van der Waals surface area contributed by atoms with E-state index in [2.05, 4.69) is 6.07 Å². The number of rotatable bonds is 6. The summed E-state index contributed by atoms with van der Waals surface area (Å²) in [5, 5.41) is 9.56. The molecule has 0 radical (unpaired) electrons. The van der Waals surface area contributed by atoms with Gasteiger partial charge in [0.2, 0.25) is 5.76 Å². The van der Waals surface area contributed by atoms with Gasteiger partial charge in [0.05, 0.1) is 18.6 Å². The van der Waals surface area contributed by atoms with E-state index in [1.165, 1.54) is 18.2 Å². The molecule has 5 rings (SSSR count). The Hall–Kier alpha value is -4.21. The summed E-state index contributed by atoms with van der Waals surface area (Å²) in [7, 11) is 0. The molecule has 0 saturated carbocycles. The van der Waals surface area contributed by atoms with Crippen molar-refractivity contribution in [2.45, 2.75) is 19.1 Å². The van der Waals surface area contributed by atoms with Gasteiger partial charge in [-0.25, -0.2) is 4.39 Å². The zero-order valence-electron chi connectivity index (χ0n) is 18.2. The average Bonchev–Trinajstić information content (AvgIpc) is 3.26. The molecule has 2 heterocycles. The van der Waals surface area contributed by atoms with Crippen LogP contribution >= 0.6 is 0 Å². The fourth-order valence-electron chi connectivity index (χ4n) is 4.00. The second kappa shape index (κ2) is 9.34. The van der Waals surface area contributed by atoms with Crippen molar-refractivity contribution in [1.82, 2.24) is 0 Å². The van der Waals surface area contributed by atoms with Crippen molar-refractivity contribution in [3.8, 4) is 11.8 Å². The largest absolute Gasteiger partial charge is 0.487 e. The number of nitriles is 1. The number of halogens is 1. The first-order chi connectivity index (χ1) is 16.6. The van der Waals surface area contributed by atoms with E-state index in [0.717, 1.165) is 34.4 Å². The van der Waals surface area contributed by atoms with Crippen molar-refractivity contribution < 1.29 is 18.3 Å². The molecular formula is C28H20FNO4. The van der Waals surface area contributed by atoms with Gasteiger partial charge in [0.25, 0.3) is 0 Å². The highest BCUT2D eigenvalue weighted by atomic mass is 19.1. The molecule has 0 spiro atoms. The Morgan fingerprint density at radius 3 is 2.76 bits per heavy atom. The second-order valence-corrected chi connectivity index (χ2v) is 8.10. The minimum absolute atomic E-state index is 0.0132. The van der Waals surface area contributed by atoms with Crippen molar-refractivity contribution in [2.75, 3.05) is 6.61 Å². The summed E-state index contributed by atoms with van der Waals surface area (Å²) in [6.45, 7) is 0.840. The molecule has 0 bridgehead atoms. The molecule has 1 aromatic heterocycles. The van der Waals surface area contributed by atoms with E-state index in [1.54, 1.807) is 24.3 Å². The lowest BCUT2D eigenvalue weighted by molar-refractivity contribution is 0.0510. The van der Waals surface area contributed by atoms with Crippen LogP contribution in [0.25, 0.3) is 23.1 Å². The van der Waals surface area contributed by atoms with Crippen LogP contribution in [0.15, 0.2) is 75.9 Å². The topological polar surface area (TPSA) is 72.5 Å². The Morgan fingerprint density at radius 1 is 1.09 bits per heavy atom. The Labute approximate surface area is 195 Å². The maximum atomic E-state index is 13.0. The summed E-state index contributed by atoms with van der Waals surface area (Å²) in [6, 6.07) is 20.6. The van der Waals surface area contributed by atoms with E-state index in [0.29, 0.717) is 24.2 Å². The molecule has 0 aliphatic carbocycles. The summed E-state index contributed by atoms with van der Waals surface area (Å²) in [4.78, 5) is 12.2. The fourth-order valence-corrected chi connectivity index (χ4v) is 4.00. The van der Waals surface area contributed by atoms with E-state index in [-0.39, 0.29) is 23.1 Å². The molecule has 6 heteroatoms. The minimum atomic E-state index is -0.264. The molecule has 168 valence electrons. The third-order valence-corrected chi connectivity index (χ3v) is 5.66. The SMILES string of the molecule is N#Cc1cc(=O)c2cccc(C=Cc3ccc4c(c3)CC(COCc3ccc(F)cc3)O4)c2o1. The van der Waals surface area contributed by atoms with Gasteiger partial charge in [0, 0.05) is 18.1 Å². The second-order valence-electron chi connectivity index (χ2n) is 8.10. The monoisotopic (exact) mass is 453 g/mol. The Balaban J connectivity index is 1.27. The number of hydrogen-bond donors (Lipinski definition) is 0. The van der Waals surface area contributed by atoms with Crippen molar-refractivity contribution in [3.05, 3.63) is 111 Å². The molecule has 1 aliphatic heterocycles. The molecule has 1 unspecified atom stereocenters. The lowest BCUT2D eigenvalue weighted by Crippen LogP contribution is -2.20. The molecule has 34 heavy (non-hydrogen) atoms. The van der Waals surface area contributed by atoms with Crippen LogP contribution in [0.1, 0.15) is 28.0 Å². The van der Waals surface area contributed by atoms with E-state index in [1.807, 2.05) is 36.4 Å². The number of nitrogens with zero attached hydrogens (tertiary/aromatic N) is 1. The third-order valence-electron chi connectivity index (χ3n) is 5.66. The van der Waals surface area contributed by atoms with Gasteiger partial charge < -0.3 is 13.9 Å². The van der Waals surface area contributed by atoms with Gasteiger partial charge >= 0.3 is 0 Å². The van der Waals surface area contributed by atoms with Gasteiger partial charge in [0.15, 0.2) is 5.43 Å². The van der Waals surface area contributed by atoms with Gasteiger partial charge in [-0.3, -0.25) is 4.79 Å². The lowest BCUT2D eigenvalue weighted by Gasteiger charge is -2.11. The van der Waals surface area contributed by atoms with E-state index in [4.69, 9.17) is 19.2 Å². The van der Waals surface area contributed by atoms with Crippen LogP contribution in [0.5, 0.6) is 5.75 Å². The quantitative estimate of drug-likeness (QED) is 0.361. The van der Waals surface area contributed by atoms with Gasteiger partial charge in [-0.2, -0.15) is 5.26 Å². The summed E-state index contributed by atoms with van der Waals surface area (Å²) < 4.78 is 30.4. The number of ether oxygens (including phenoxy) is 2. The third kappa shape index (κ3) is 4.61. The lowest BCUT2D eigenvalue weighted by atomic mass is 10.0. The van der Waals surface area contributed by atoms with Crippen molar-refractivity contribution in [2.24, 2.45) is 0 Å². The molecular weight excluding hydrogens is 433 g/mol. The highest BCUT2D eigenvalue weighted by Gasteiger charge is 2.23. The van der Waals surface area contributed by atoms with E-state index < -0.39 is 0 Å². The number of fused-ring (bicyclic) bond motifs is 2. The molecule has 0 N–H and O–H groups in total. The standard InChI is InChI=1S/C28H20FNO4/c29-22-9-5-19(6-10-22)16-32-17-24-13-21-12-18(7-11-27(21)33-24)4-8-20-2-1-3-25-26(31)14-23(15-30)34-28(20)25/h1-12,14,24H,13,16-17H2. The van der Waals surface area contributed by atoms with Crippen LogP contribution in [0, 0.1) is 17.1 Å². The van der Waals surface area contributed by atoms with Crippen LogP contribution in [0.4, 0.5) is 4.39 Å². The van der Waals surface area contributed by atoms with Crippen LogP contribution in [0.2, 0.25) is 0 Å². The Kier molecular flexibility index (Phi) is 5.94. The van der Waals surface area contributed by atoms with Gasteiger partial charge in [0.1, 0.15) is 29.3 Å². The van der Waals surface area contributed by atoms with Gasteiger partial charge in [-0.1, -0.05) is 42.5 Å². The fraction of sp³-hybridized carbons (Fsp3) is 0.143. The van der Waals surface area contributed by atoms with Crippen LogP contribution in [-0.2, 0) is 17.8 Å². The van der Waals surface area contributed by atoms with Crippen molar-refractivity contribution >= 4 is 23.1 Å². The zero-order valence-corrected chi connectivity index (χ0v) is 18.2. The normalized spacial score (nSPS) is 14.8. The van der Waals surface area contributed by atoms with Gasteiger partial charge in [-0.05, 0) is 47.0 Å². The predicted octanol–water partition coefficient (Wildman–Crippen LogP) is 5.49.